The van der Waals surface area contributed by atoms with E-state index in [1.54, 1.807) is 17.6 Å². The number of carboxylic acids is 1. The molecule has 0 amide bonds. The highest BCUT2D eigenvalue weighted by molar-refractivity contribution is 5.91. The van der Waals surface area contributed by atoms with Gasteiger partial charge in [-0.2, -0.15) is 0 Å². The van der Waals surface area contributed by atoms with Crippen LogP contribution in [0.3, 0.4) is 0 Å². The molecule has 1 unspecified atom stereocenters. The first-order valence-electron chi connectivity index (χ1n) is 13.5. The normalized spacial score (nSPS) is 18.2. The molecule has 3 aliphatic rings. The Kier molecular flexibility index (Phi) is 7.52. The number of carbonyl (C=O) groups excluding carboxylic acids is 1. The molecule has 3 aromatic rings. The van der Waals surface area contributed by atoms with Gasteiger partial charge in [0.1, 0.15) is 19.8 Å². The second-order valence-electron chi connectivity index (χ2n) is 10.1. The molecule has 212 valence electrons. The van der Waals surface area contributed by atoms with E-state index in [4.69, 9.17) is 29.1 Å². The van der Waals surface area contributed by atoms with Crippen LogP contribution >= 0.6 is 0 Å². The van der Waals surface area contributed by atoms with Crippen LogP contribution < -0.4 is 20.3 Å². The summed E-state index contributed by atoms with van der Waals surface area (Å²) in [6.07, 6.45) is 1.91. The molecule has 6 rings (SSSR count). The number of nitrogens with one attached hydrogen (secondary N) is 1. The summed E-state index contributed by atoms with van der Waals surface area (Å²) in [6, 6.07) is 5.64. The Hall–Kier alpha value is -3.96. The zero-order valence-corrected chi connectivity index (χ0v) is 22.8. The molecule has 11 heteroatoms. The van der Waals surface area contributed by atoms with Crippen LogP contribution in [0.15, 0.2) is 23.0 Å². The third kappa shape index (κ3) is 4.69. The molecule has 2 aromatic heterocycles. The van der Waals surface area contributed by atoms with E-state index in [0.717, 1.165) is 54.9 Å². The zero-order valence-electron chi connectivity index (χ0n) is 22.8. The van der Waals surface area contributed by atoms with E-state index in [2.05, 4.69) is 12.2 Å². The highest BCUT2D eigenvalue weighted by Gasteiger charge is 2.45. The molecule has 0 radical (unpaired) electrons. The number of aromatic nitrogens is 2. The monoisotopic (exact) mass is 551 g/mol. The zero-order chi connectivity index (χ0) is 28.6. The number of esters is 1. The maximum atomic E-state index is 13.6. The average Bonchev–Trinajstić information content (AvgIpc) is 3.30. The molecule has 3 aliphatic heterocycles. The molecule has 0 aliphatic carbocycles. The molecular weight excluding hydrogens is 518 g/mol. The molecule has 0 saturated carbocycles. The number of hydrogen-bond donors (Lipinski definition) is 3. The third-order valence-corrected chi connectivity index (χ3v) is 7.45. The van der Waals surface area contributed by atoms with Crippen LogP contribution in [0.5, 0.6) is 11.5 Å². The first-order valence-corrected chi connectivity index (χ1v) is 13.5. The van der Waals surface area contributed by atoms with Gasteiger partial charge >= 0.3 is 5.97 Å². The Morgan fingerprint density at radius 1 is 1.07 bits per heavy atom. The van der Waals surface area contributed by atoms with Crippen molar-refractivity contribution in [3.05, 3.63) is 50.8 Å². The number of benzene rings is 1. The van der Waals surface area contributed by atoms with Gasteiger partial charge in [-0.25, -0.2) is 9.78 Å². The lowest BCUT2D eigenvalue weighted by Crippen LogP contribution is -2.44. The van der Waals surface area contributed by atoms with Gasteiger partial charge in [0.15, 0.2) is 17.1 Å². The van der Waals surface area contributed by atoms with E-state index < -0.39 is 17.5 Å². The number of nitrogens with zero attached hydrogens (tertiary/aromatic N) is 2. The van der Waals surface area contributed by atoms with Gasteiger partial charge in [0, 0.05) is 29.5 Å². The van der Waals surface area contributed by atoms with E-state index in [0.29, 0.717) is 53.8 Å². The van der Waals surface area contributed by atoms with Crippen LogP contribution in [0, 0.1) is 0 Å². The molecular formula is C29H33N3O8. The predicted molar refractivity (Wildman–Crippen MR) is 146 cm³/mol. The van der Waals surface area contributed by atoms with Crippen molar-refractivity contribution in [1.29, 1.82) is 0 Å². The predicted octanol–water partition coefficient (Wildman–Crippen LogP) is 2.48. The molecule has 40 heavy (non-hydrogen) atoms. The van der Waals surface area contributed by atoms with E-state index in [1.807, 2.05) is 12.1 Å². The molecule has 1 aromatic carbocycles. The lowest BCUT2D eigenvalue weighted by molar-refractivity contribution is -0.172. The van der Waals surface area contributed by atoms with Crippen molar-refractivity contribution in [2.75, 3.05) is 26.3 Å². The summed E-state index contributed by atoms with van der Waals surface area (Å²) < 4.78 is 18.5. The van der Waals surface area contributed by atoms with Crippen LogP contribution in [-0.2, 0) is 39.5 Å². The molecule has 0 bridgehead atoms. The van der Waals surface area contributed by atoms with Crippen molar-refractivity contribution in [1.82, 2.24) is 14.9 Å². The summed E-state index contributed by atoms with van der Waals surface area (Å²) >= 11 is 0. The topological polar surface area (TPSA) is 149 Å². The smallest absolute Gasteiger partial charge is 0.343 e. The largest absolute Gasteiger partial charge is 0.486 e. The molecule has 3 N–H and O–H groups in total. The number of ether oxygens (including phenoxy) is 3. The second kappa shape index (κ2) is 10.9. The van der Waals surface area contributed by atoms with Gasteiger partial charge in [-0.1, -0.05) is 13.8 Å². The number of aliphatic carboxylic acids is 1. The van der Waals surface area contributed by atoms with Gasteiger partial charge in [-0.05, 0) is 50.0 Å². The van der Waals surface area contributed by atoms with Crippen molar-refractivity contribution < 1.29 is 34.0 Å². The molecule has 0 spiro atoms. The number of fused-ring (bicyclic) bond motifs is 6. The summed E-state index contributed by atoms with van der Waals surface area (Å²) in [5.41, 5.74) is 2.68. The average molecular weight is 552 g/mol. The van der Waals surface area contributed by atoms with E-state index in [-0.39, 0.29) is 18.6 Å². The first-order chi connectivity index (χ1) is 19.2. The Labute approximate surface area is 230 Å². The second-order valence-corrected chi connectivity index (χ2v) is 10.1. The van der Waals surface area contributed by atoms with Gasteiger partial charge in [0.25, 0.3) is 11.5 Å². The fourth-order valence-corrected chi connectivity index (χ4v) is 5.50. The van der Waals surface area contributed by atoms with E-state index >= 15 is 0 Å². The lowest BCUT2D eigenvalue weighted by Gasteiger charge is -2.31. The minimum Gasteiger partial charge on any atom is -0.486 e. The number of carbonyl (C=O) groups is 2. The fourth-order valence-electron chi connectivity index (χ4n) is 5.50. The standard InChI is InChI=1S/C27H29N3O6.C2H4O2/c1-3-6-28-7-5-15-16-10-22-23(35-9-8-34-22)12-20(16)29-24-17(15)13-30-21(24)11-19-18(25(30)31)14-36-26(32)27(19,33)4-2;1-2(3)4/h10-12,28,33H,3-9,13-14H2,1-2H3;1H3,(H,3,4). The highest BCUT2D eigenvalue weighted by atomic mass is 16.6. The summed E-state index contributed by atoms with van der Waals surface area (Å²) in [5, 5.41) is 23.0. The van der Waals surface area contributed by atoms with Crippen molar-refractivity contribution >= 4 is 22.8 Å². The number of rotatable bonds is 6. The Morgan fingerprint density at radius 3 is 2.45 bits per heavy atom. The summed E-state index contributed by atoms with van der Waals surface area (Å²) in [5.74, 6) is -0.205. The third-order valence-electron chi connectivity index (χ3n) is 7.45. The van der Waals surface area contributed by atoms with Crippen molar-refractivity contribution in [2.24, 2.45) is 0 Å². The summed E-state index contributed by atoms with van der Waals surface area (Å²) in [6.45, 7) is 7.83. The lowest BCUT2D eigenvalue weighted by atomic mass is 9.86. The number of cyclic esters (lactones) is 1. The summed E-state index contributed by atoms with van der Waals surface area (Å²) in [7, 11) is 0. The van der Waals surface area contributed by atoms with Gasteiger partial charge in [0.2, 0.25) is 0 Å². The Morgan fingerprint density at radius 2 is 1.77 bits per heavy atom. The molecule has 0 saturated heterocycles. The number of hydrogen-bond acceptors (Lipinski definition) is 9. The molecule has 5 heterocycles. The van der Waals surface area contributed by atoms with Gasteiger partial charge in [-0.3, -0.25) is 9.59 Å². The highest BCUT2D eigenvalue weighted by Crippen LogP contribution is 2.42. The number of aliphatic hydroxyl groups is 1. The Bertz CT molecular complexity index is 1560. The number of pyridine rings is 2. The molecule has 11 nitrogen and oxygen atoms in total. The van der Waals surface area contributed by atoms with Crippen LogP contribution in [0.2, 0.25) is 0 Å². The van der Waals surface area contributed by atoms with Gasteiger partial charge in [0.05, 0.1) is 29.0 Å². The molecule has 0 fully saturated rings. The van der Waals surface area contributed by atoms with Crippen LogP contribution in [0.25, 0.3) is 22.3 Å². The maximum absolute atomic E-state index is 13.6. The SMILES string of the molecule is CC(=O)O.CCCNCCc1c2c(nc3cc4c(cc13)OCCO4)-c1cc3c(c(=O)n1C2)COC(=O)C3(O)CC. The fraction of sp³-hybridized carbons (Fsp3) is 0.448. The Balaban J connectivity index is 0.000000758. The maximum Gasteiger partial charge on any atom is 0.343 e. The van der Waals surface area contributed by atoms with Crippen LogP contribution in [0.1, 0.15) is 55.9 Å². The van der Waals surface area contributed by atoms with E-state index in [1.165, 1.54) is 0 Å². The van der Waals surface area contributed by atoms with Crippen molar-refractivity contribution in [3.8, 4) is 22.9 Å². The van der Waals surface area contributed by atoms with Crippen LogP contribution in [0.4, 0.5) is 0 Å². The van der Waals surface area contributed by atoms with Crippen molar-refractivity contribution in [2.45, 2.75) is 58.8 Å². The minimum atomic E-state index is -1.85. The van der Waals surface area contributed by atoms with Gasteiger partial charge < -0.3 is 34.3 Å². The molecule has 1 atom stereocenters. The quantitative estimate of drug-likeness (QED) is 0.241. The van der Waals surface area contributed by atoms with Crippen molar-refractivity contribution in [3.63, 3.8) is 0 Å². The van der Waals surface area contributed by atoms with Gasteiger partial charge in [-0.15, -0.1) is 0 Å². The summed E-state index contributed by atoms with van der Waals surface area (Å²) in [4.78, 5) is 40.0. The minimum absolute atomic E-state index is 0.109. The first kappa shape index (κ1) is 27.6. The van der Waals surface area contributed by atoms with E-state index in [9.17, 15) is 14.7 Å². The van der Waals surface area contributed by atoms with Crippen LogP contribution in [-0.4, -0.2) is 58.0 Å². The number of carboxylic acid groups (broad SMARTS) is 1.